The minimum atomic E-state index is -0.492. The van der Waals surface area contributed by atoms with Crippen LogP contribution in [-0.2, 0) is 6.54 Å². The third kappa shape index (κ3) is 2.79. The molecule has 0 aliphatic rings. The fraction of sp³-hybridized carbons (Fsp3) is 0.133. The van der Waals surface area contributed by atoms with Gasteiger partial charge in [-0.1, -0.05) is 0 Å². The number of nitrogens with two attached hydrogens (primary N) is 1. The lowest BCUT2D eigenvalue weighted by atomic mass is 10.2. The molecule has 0 aliphatic carbocycles. The van der Waals surface area contributed by atoms with Gasteiger partial charge in [0.15, 0.2) is 0 Å². The van der Waals surface area contributed by atoms with Gasteiger partial charge in [0.05, 0.1) is 18.7 Å². The first-order chi connectivity index (χ1) is 11.1. The van der Waals surface area contributed by atoms with E-state index in [-0.39, 0.29) is 29.8 Å². The Balaban J connectivity index is 1.98. The van der Waals surface area contributed by atoms with Crippen LogP contribution in [0.15, 0.2) is 46.1 Å². The number of nitrogen functional groups attached to an aromatic ring is 1. The Morgan fingerprint density at radius 2 is 2.09 bits per heavy atom. The molecular formula is C15H14N4O4. The van der Waals surface area contributed by atoms with E-state index in [2.05, 4.69) is 10.3 Å². The van der Waals surface area contributed by atoms with Crippen LogP contribution in [0.4, 0.5) is 11.4 Å². The molecule has 1 aromatic carbocycles. The summed E-state index contributed by atoms with van der Waals surface area (Å²) in [4.78, 5) is 28.7. The molecule has 0 fully saturated rings. The van der Waals surface area contributed by atoms with E-state index >= 15 is 0 Å². The third-order valence-corrected chi connectivity index (χ3v) is 3.31. The first kappa shape index (κ1) is 14.8. The third-order valence-electron chi connectivity index (χ3n) is 3.31. The van der Waals surface area contributed by atoms with E-state index in [0.717, 1.165) is 0 Å². The molecule has 0 radical (unpaired) electrons. The van der Waals surface area contributed by atoms with Crippen molar-refractivity contribution < 1.29 is 14.3 Å². The highest BCUT2D eigenvalue weighted by Crippen LogP contribution is 2.18. The summed E-state index contributed by atoms with van der Waals surface area (Å²) in [6.45, 7) is -0.121. The lowest BCUT2D eigenvalue weighted by Crippen LogP contribution is -2.23. The Kier molecular flexibility index (Phi) is 3.82. The number of nitrogens with one attached hydrogen (secondary N) is 1. The number of aliphatic hydroxyl groups is 1. The monoisotopic (exact) mass is 314 g/mol. The normalized spacial score (nSPS) is 10.8. The topological polar surface area (TPSA) is 123 Å². The summed E-state index contributed by atoms with van der Waals surface area (Å²) in [7, 11) is 0. The van der Waals surface area contributed by atoms with Gasteiger partial charge in [-0.25, -0.2) is 4.98 Å². The zero-order valence-electron chi connectivity index (χ0n) is 12.0. The van der Waals surface area contributed by atoms with Crippen LogP contribution in [0.1, 0.15) is 10.4 Å². The fourth-order valence-electron chi connectivity index (χ4n) is 2.17. The van der Waals surface area contributed by atoms with Crippen LogP contribution in [0, 0.1) is 0 Å². The highest BCUT2D eigenvalue weighted by atomic mass is 16.3. The minimum absolute atomic E-state index is 0.0756. The molecule has 0 atom stereocenters. The minimum Gasteiger partial charge on any atom is -0.445 e. The first-order valence-corrected chi connectivity index (χ1v) is 6.84. The Morgan fingerprint density at radius 1 is 1.35 bits per heavy atom. The van der Waals surface area contributed by atoms with Crippen molar-refractivity contribution >= 4 is 28.4 Å². The van der Waals surface area contributed by atoms with Crippen LogP contribution in [0.2, 0.25) is 0 Å². The van der Waals surface area contributed by atoms with Crippen molar-refractivity contribution in [1.82, 2.24) is 9.55 Å². The number of nitrogens with zero attached hydrogens (tertiary/aromatic N) is 2. The summed E-state index contributed by atoms with van der Waals surface area (Å²) in [5, 5.41) is 11.7. The van der Waals surface area contributed by atoms with E-state index in [0.29, 0.717) is 11.4 Å². The molecule has 0 bridgehead atoms. The Morgan fingerprint density at radius 3 is 2.78 bits per heavy atom. The van der Waals surface area contributed by atoms with E-state index in [9.17, 15) is 9.59 Å². The van der Waals surface area contributed by atoms with Crippen LogP contribution in [0.3, 0.4) is 0 Å². The second-order valence-corrected chi connectivity index (χ2v) is 4.87. The molecule has 8 heteroatoms. The zero-order valence-corrected chi connectivity index (χ0v) is 12.0. The van der Waals surface area contributed by atoms with E-state index in [1.54, 1.807) is 24.3 Å². The largest absolute Gasteiger partial charge is 0.445 e. The van der Waals surface area contributed by atoms with E-state index in [1.807, 2.05) is 0 Å². The molecule has 0 unspecified atom stereocenters. The van der Waals surface area contributed by atoms with Gasteiger partial charge in [-0.3, -0.25) is 14.2 Å². The summed E-state index contributed by atoms with van der Waals surface area (Å²) in [5.41, 5.74) is 6.42. The molecule has 1 amide bonds. The van der Waals surface area contributed by atoms with Crippen molar-refractivity contribution in [2.75, 3.05) is 17.7 Å². The van der Waals surface area contributed by atoms with Crippen LogP contribution >= 0.6 is 0 Å². The number of anilines is 2. The standard InChI is InChI=1S/C15H14N4O4/c16-9-1-3-10(4-2-9)18-13(21)11-7-23-14-12(11)15(22)19(5-6-20)8-17-14/h1-4,7-8,20H,5-6,16H2,(H,18,21). The first-order valence-electron chi connectivity index (χ1n) is 6.84. The Labute approximate surface area is 130 Å². The van der Waals surface area contributed by atoms with Crippen molar-refractivity contribution in [3.63, 3.8) is 0 Å². The molecular weight excluding hydrogens is 300 g/mol. The maximum Gasteiger partial charge on any atom is 0.265 e. The highest BCUT2D eigenvalue weighted by Gasteiger charge is 2.19. The summed E-state index contributed by atoms with van der Waals surface area (Å²) in [5.74, 6) is -0.492. The van der Waals surface area contributed by atoms with Crippen molar-refractivity contribution in [1.29, 1.82) is 0 Å². The average Bonchev–Trinajstić information content (AvgIpc) is 2.97. The maximum atomic E-state index is 12.4. The molecule has 0 spiro atoms. The smallest absolute Gasteiger partial charge is 0.265 e. The number of furan rings is 1. The second-order valence-electron chi connectivity index (χ2n) is 4.87. The quantitative estimate of drug-likeness (QED) is 0.612. The number of fused-ring (bicyclic) bond motifs is 1. The van der Waals surface area contributed by atoms with Crippen molar-refractivity contribution in [2.45, 2.75) is 6.54 Å². The number of aliphatic hydroxyl groups excluding tert-OH is 1. The molecule has 0 saturated heterocycles. The van der Waals surface area contributed by atoms with Crippen LogP contribution in [0.25, 0.3) is 11.1 Å². The fourth-order valence-corrected chi connectivity index (χ4v) is 2.17. The van der Waals surface area contributed by atoms with Crippen molar-refractivity contribution in [2.24, 2.45) is 0 Å². The van der Waals surface area contributed by atoms with Gasteiger partial charge in [0.1, 0.15) is 18.0 Å². The van der Waals surface area contributed by atoms with E-state index in [4.69, 9.17) is 15.3 Å². The number of benzene rings is 1. The van der Waals surface area contributed by atoms with Crippen LogP contribution < -0.4 is 16.6 Å². The van der Waals surface area contributed by atoms with E-state index in [1.165, 1.54) is 17.2 Å². The van der Waals surface area contributed by atoms with Crippen LogP contribution in [0.5, 0.6) is 0 Å². The van der Waals surface area contributed by atoms with Gasteiger partial charge in [0, 0.05) is 11.4 Å². The predicted octanol–water partition coefficient (Wildman–Crippen LogP) is 0.816. The van der Waals surface area contributed by atoms with Gasteiger partial charge in [-0.05, 0) is 24.3 Å². The maximum absolute atomic E-state index is 12.4. The lowest BCUT2D eigenvalue weighted by Gasteiger charge is -2.05. The molecule has 8 nitrogen and oxygen atoms in total. The van der Waals surface area contributed by atoms with Crippen LogP contribution in [-0.4, -0.2) is 27.2 Å². The molecule has 0 aliphatic heterocycles. The molecule has 3 rings (SSSR count). The number of carbonyl (C=O) groups is 1. The van der Waals surface area contributed by atoms with Gasteiger partial charge >= 0.3 is 0 Å². The molecule has 2 aromatic heterocycles. The number of hydrogen-bond donors (Lipinski definition) is 3. The van der Waals surface area contributed by atoms with Crippen molar-refractivity contribution in [3.05, 3.63) is 52.8 Å². The van der Waals surface area contributed by atoms with Gasteiger partial charge in [-0.2, -0.15) is 0 Å². The number of aromatic nitrogens is 2. The number of rotatable bonds is 4. The van der Waals surface area contributed by atoms with Gasteiger partial charge in [-0.15, -0.1) is 0 Å². The number of carbonyl (C=O) groups excluding carboxylic acids is 1. The molecule has 4 N–H and O–H groups in total. The molecule has 0 saturated carbocycles. The predicted molar refractivity (Wildman–Crippen MR) is 84.2 cm³/mol. The van der Waals surface area contributed by atoms with Gasteiger partial charge in [0.25, 0.3) is 11.5 Å². The summed E-state index contributed by atoms with van der Waals surface area (Å²) in [6.07, 6.45) is 2.46. The summed E-state index contributed by atoms with van der Waals surface area (Å²) < 4.78 is 6.39. The molecule has 118 valence electrons. The Hall–Kier alpha value is -3.13. The molecule has 3 aromatic rings. The number of hydrogen-bond acceptors (Lipinski definition) is 6. The van der Waals surface area contributed by atoms with Gasteiger partial charge in [0.2, 0.25) is 5.71 Å². The molecule has 2 heterocycles. The highest BCUT2D eigenvalue weighted by molar-refractivity contribution is 6.11. The zero-order chi connectivity index (χ0) is 16.4. The van der Waals surface area contributed by atoms with Crippen molar-refractivity contribution in [3.8, 4) is 0 Å². The average molecular weight is 314 g/mol. The molecule has 23 heavy (non-hydrogen) atoms. The van der Waals surface area contributed by atoms with Gasteiger partial charge < -0.3 is 20.6 Å². The summed E-state index contributed by atoms with van der Waals surface area (Å²) in [6, 6.07) is 6.60. The summed E-state index contributed by atoms with van der Waals surface area (Å²) >= 11 is 0. The van der Waals surface area contributed by atoms with E-state index < -0.39 is 11.5 Å². The number of amides is 1. The lowest BCUT2D eigenvalue weighted by molar-refractivity contribution is 0.102. The Bertz CT molecular complexity index is 911. The SMILES string of the molecule is Nc1ccc(NC(=O)c2coc3ncn(CCO)c(=O)c23)cc1. The second kappa shape index (κ2) is 5.93.